The van der Waals surface area contributed by atoms with Crippen molar-refractivity contribution in [3.05, 3.63) is 29.8 Å². The van der Waals surface area contributed by atoms with E-state index in [4.69, 9.17) is 4.74 Å². The maximum absolute atomic E-state index is 5.82. The average molecular weight is 260 g/mol. The molecule has 3 rings (SSSR count). The lowest BCUT2D eigenvalue weighted by atomic mass is 9.90. The lowest BCUT2D eigenvalue weighted by Gasteiger charge is -2.38. The van der Waals surface area contributed by atoms with Crippen molar-refractivity contribution in [1.82, 2.24) is 4.90 Å². The average Bonchev–Trinajstić information content (AvgIpc) is 2.38. The van der Waals surface area contributed by atoms with Crippen molar-refractivity contribution in [2.45, 2.75) is 38.4 Å². The molecule has 0 bridgehead atoms. The van der Waals surface area contributed by atoms with Crippen molar-refractivity contribution in [2.24, 2.45) is 0 Å². The second-order valence-electron chi connectivity index (χ2n) is 5.98. The van der Waals surface area contributed by atoms with E-state index in [1.54, 1.807) is 0 Å². The maximum atomic E-state index is 5.82. The first-order chi connectivity index (χ1) is 9.22. The fraction of sp³-hybridized carbons (Fsp3) is 0.625. The molecule has 0 saturated carbocycles. The van der Waals surface area contributed by atoms with E-state index in [-0.39, 0.29) is 0 Å². The van der Waals surface area contributed by atoms with E-state index in [2.05, 4.69) is 48.3 Å². The van der Waals surface area contributed by atoms with Crippen molar-refractivity contribution < 1.29 is 4.74 Å². The smallest absolute Gasteiger partial charge is 0.0678 e. The van der Waals surface area contributed by atoms with Gasteiger partial charge in [-0.05, 0) is 31.9 Å². The summed E-state index contributed by atoms with van der Waals surface area (Å²) in [6.45, 7) is 8.75. The van der Waals surface area contributed by atoms with Crippen LogP contribution in [0.2, 0.25) is 0 Å². The van der Waals surface area contributed by atoms with E-state index in [9.17, 15) is 0 Å². The highest BCUT2D eigenvalue weighted by atomic mass is 16.5. The first-order valence-corrected chi connectivity index (χ1v) is 7.43. The maximum Gasteiger partial charge on any atom is 0.0678 e. The highest BCUT2D eigenvalue weighted by molar-refractivity contribution is 5.54. The minimum atomic E-state index is 0.362. The molecule has 1 aromatic carbocycles. The van der Waals surface area contributed by atoms with Crippen molar-refractivity contribution in [2.75, 3.05) is 31.5 Å². The monoisotopic (exact) mass is 260 g/mol. The van der Waals surface area contributed by atoms with Gasteiger partial charge < -0.3 is 10.1 Å². The highest BCUT2D eigenvalue weighted by Crippen LogP contribution is 2.32. The summed E-state index contributed by atoms with van der Waals surface area (Å²) in [4.78, 5) is 2.58. The number of hydrogen-bond acceptors (Lipinski definition) is 3. The summed E-state index contributed by atoms with van der Waals surface area (Å²) in [7, 11) is 0. The third-order valence-corrected chi connectivity index (χ3v) is 4.18. The van der Waals surface area contributed by atoms with Gasteiger partial charge in [-0.25, -0.2) is 0 Å². The van der Waals surface area contributed by atoms with Crippen LogP contribution in [0.1, 0.15) is 31.7 Å². The van der Waals surface area contributed by atoms with Gasteiger partial charge in [0.1, 0.15) is 0 Å². The second-order valence-corrected chi connectivity index (χ2v) is 5.98. The molecule has 3 heteroatoms. The van der Waals surface area contributed by atoms with E-state index in [1.165, 1.54) is 17.7 Å². The van der Waals surface area contributed by atoms with Crippen LogP contribution < -0.4 is 5.32 Å². The zero-order chi connectivity index (χ0) is 13.2. The number of ether oxygens (including phenoxy) is 1. The van der Waals surface area contributed by atoms with Gasteiger partial charge in [0.2, 0.25) is 0 Å². The molecule has 1 aromatic rings. The molecule has 1 N–H and O–H groups in total. The van der Waals surface area contributed by atoms with Gasteiger partial charge in [-0.3, -0.25) is 4.90 Å². The van der Waals surface area contributed by atoms with Gasteiger partial charge >= 0.3 is 0 Å². The number of nitrogens with zero attached hydrogens (tertiary/aromatic N) is 1. The molecule has 3 nitrogen and oxygen atoms in total. The SMILES string of the molecule is C[C@@H]1CN(CC2CCNc3ccccc32)C[C@H](C)O1. The Morgan fingerprint density at radius 1 is 1.21 bits per heavy atom. The van der Waals surface area contributed by atoms with E-state index in [1.807, 2.05) is 0 Å². The minimum absolute atomic E-state index is 0.362. The summed E-state index contributed by atoms with van der Waals surface area (Å²) in [5, 5.41) is 3.50. The Labute approximate surface area is 115 Å². The molecule has 2 heterocycles. The fourth-order valence-corrected chi connectivity index (χ4v) is 3.49. The molecular weight excluding hydrogens is 236 g/mol. The van der Waals surface area contributed by atoms with E-state index in [0.717, 1.165) is 26.2 Å². The molecule has 0 amide bonds. The second kappa shape index (κ2) is 5.51. The Balaban J connectivity index is 1.70. The summed E-state index contributed by atoms with van der Waals surface area (Å²) in [6.07, 6.45) is 1.96. The number of morpholine rings is 1. The Morgan fingerprint density at radius 2 is 1.95 bits per heavy atom. The Hall–Kier alpha value is -1.06. The summed E-state index contributed by atoms with van der Waals surface area (Å²) in [5.74, 6) is 0.662. The van der Waals surface area contributed by atoms with Crippen molar-refractivity contribution in [3.8, 4) is 0 Å². The Morgan fingerprint density at radius 3 is 2.74 bits per heavy atom. The number of para-hydroxylation sites is 1. The summed E-state index contributed by atoms with van der Waals surface area (Å²) in [5.41, 5.74) is 2.81. The fourth-order valence-electron chi connectivity index (χ4n) is 3.49. The molecule has 2 aliphatic rings. The molecule has 1 saturated heterocycles. The highest BCUT2D eigenvalue weighted by Gasteiger charge is 2.27. The molecular formula is C16H24N2O. The van der Waals surface area contributed by atoms with Crippen LogP contribution in [0.4, 0.5) is 5.69 Å². The van der Waals surface area contributed by atoms with Gasteiger partial charge in [0, 0.05) is 37.8 Å². The first-order valence-electron chi connectivity index (χ1n) is 7.43. The van der Waals surface area contributed by atoms with Crippen molar-refractivity contribution >= 4 is 5.69 Å². The molecule has 3 atom stereocenters. The Kier molecular flexibility index (Phi) is 3.76. The molecule has 0 aromatic heterocycles. The third-order valence-electron chi connectivity index (χ3n) is 4.18. The van der Waals surface area contributed by atoms with Crippen LogP contribution in [0, 0.1) is 0 Å². The largest absolute Gasteiger partial charge is 0.385 e. The first kappa shape index (κ1) is 12.9. The molecule has 1 fully saturated rings. The van der Waals surface area contributed by atoms with Crippen molar-refractivity contribution in [3.63, 3.8) is 0 Å². The predicted octanol–water partition coefficient (Wildman–Crippen LogP) is 2.70. The minimum Gasteiger partial charge on any atom is -0.385 e. The zero-order valence-electron chi connectivity index (χ0n) is 11.9. The van der Waals surface area contributed by atoms with Gasteiger partial charge in [-0.1, -0.05) is 18.2 Å². The number of nitrogens with one attached hydrogen (secondary N) is 1. The van der Waals surface area contributed by atoms with Crippen LogP contribution in [0.15, 0.2) is 24.3 Å². The summed E-state index contributed by atoms with van der Waals surface area (Å²) >= 11 is 0. The number of benzene rings is 1. The normalized spacial score (nSPS) is 31.6. The molecule has 19 heavy (non-hydrogen) atoms. The van der Waals surface area contributed by atoms with Gasteiger partial charge in [0.05, 0.1) is 12.2 Å². The van der Waals surface area contributed by atoms with Gasteiger partial charge in [0.15, 0.2) is 0 Å². The van der Waals surface area contributed by atoms with E-state index in [0.29, 0.717) is 18.1 Å². The molecule has 0 radical (unpaired) electrons. The number of anilines is 1. The lowest BCUT2D eigenvalue weighted by Crippen LogP contribution is -2.47. The predicted molar refractivity (Wildman–Crippen MR) is 78.7 cm³/mol. The van der Waals surface area contributed by atoms with Crippen LogP contribution in [-0.2, 0) is 4.74 Å². The van der Waals surface area contributed by atoms with Crippen LogP contribution in [0.3, 0.4) is 0 Å². The van der Waals surface area contributed by atoms with Crippen LogP contribution in [0.25, 0.3) is 0 Å². The molecule has 2 aliphatic heterocycles. The van der Waals surface area contributed by atoms with Gasteiger partial charge in [-0.15, -0.1) is 0 Å². The molecule has 104 valence electrons. The van der Waals surface area contributed by atoms with E-state index >= 15 is 0 Å². The quantitative estimate of drug-likeness (QED) is 0.885. The molecule has 1 unspecified atom stereocenters. The Bertz CT molecular complexity index is 425. The van der Waals surface area contributed by atoms with Gasteiger partial charge in [-0.2, -0.15) is 0 Å². The summed E-state index contributed by atoms with van der Waals surface area (Å²) in [6, 6.07) is 8.75. The number of hydrogen-bond donors (Lipinski definition) is 1. The van der Waals surface area contributed by atoms with E-state index < -0.39 is 0 Å². The summed E-state index contributed by atoms with van der Waals surface area (Å²) < 4.78 is 5.82. The van der Waals surface area contributed by atoms with Gasteiger partial charge in [0.25, 0.3) is 0 Å². The topological polar surface area (TPSA) is 24.5 Å². The zero-order valence-corrected chi connectivity index (χ0v) is 11.9. The van der Waals surface area contributed by atoms with Crippen LogP contribution in [-0.4, -0.2) is 43.3 Å². The standard InChI is InChI=1S/C16H24N2O/c1-12-9-18(10-13(2)19-12)11-14-7-8-17-16-6-4-3-5-15(14)16/h3-6,12-14,17H,7-11H2,1-2H3/t12-,13+,14?. The van der Waals surface area contributed by atoms with Crippen molar-refractivity contribution in [1.29, 1.82) is 0 Å². The van der Waals surface area contributed by atoms with Crippen LogP contribution in [0.5, 0.6) is 0 Å². The molecule has 0 aliphatic carbocycles. The lowest BCUT2D eigenvalue weighted by molar-refractivity contribution is -0.0694. The number of rotatable bonds is 2. The third kappa shape index (κ3) is 2.93. The van der Waals surface area contributed by atoms with Crippen LogP contribution >= 0.6 is 0 Å². The molecule has 0 spiro atoms. The number of fused-ring (bicyclic) bond motifs is 1.